The van der Waals surface area contributed by atoms with Crippen molar-refractivity contribution < 1.29 is 19.4 Å². The SMILES string of the molecule is O=C(O)c1cccnc1NCCc1ccc2c(c1)OCCO2. The summed E-state index contributed by atoms with van der Waals surface area (Å²) in [4.78, 5) is 15.2. The molecule has 0 radical (unpaired) electrons. The van der Waals surface area contributed by atoms with Crippen molar-refractivity contribution in [3.05, 3.63) is 47.7 Å². The molecule has 0 spiro atoms. The second-order valence-electron chi connectivity index (χ2n) is 4.86. The Kier molecular flexibility index (Phi) is 4.09. The average molecular weight is 300 g/mol. The predicted octanol–water partition coefficient (Wildman–Crippen LogP) is 2.21. The van der Waals surface area contributed by atoms with E-state index < -0.39 is 5.97 Å². The van der Waals surface area contributed by atoms with Crippen molar-refractivity contribution in [2.24, 2.45) is 0 Å². The number of nitrogens with zero attached hydrogens (tertiary/aromatic N) is 1. The minimum Gasteiger partial charge on any atom is -0.486 e. The van der Waals surface area contributed by atoms with Crippen LogP contribution in [-0.2, 0) is 6.42 Å². The van der Waals surface area contributed by atoms with Gasteiger partial charge in [-0.25, -0.2) is 9.78 Å². The van der Waals surface area contributed by atoms with Crippen LogP contribution >= 0.6 is 0 Å². The highest BCUT2D eigenvalue weighted by molar-refractivity contribution is 5.92. The highest BCUT2D eigenvalue weighted by atomic mass is 16.6. The maximum atomic E-state index is 11.1. The highest BCUT2D eigenvalue weighted by Crippen LogP contribution is 2.30. The van der Waals surface area contributed by atoms with Gasteiger partial charge in [0.2, 0.25) is 0 Å². The number of benzene rings is 1. The van der Waals surface area contributed by atoms with Crippen LogP contribution in [0.5, 0.6) is 11.5 Å². The van der Waals surface area contributed by atoms with Crippen molar-refractivity contribution in [2.45, 2.75) is 6.42 Å². The summed E-state index contributed by atoms with van der Waals surface area (Å²) in [6, 6.07) is 8.96. The summed E-state index contributed by atoms with van der Waals surface area (Å²) < 4.78 is 11.0. The van der Waals surface area contributed by atoms with Crippen LogP contribution in [0, 0.1) is 0 Å². The lowest BCUT2D eigenvalue weighted by Crippen LogP contribution is -2.15. The Hall–Kier alpha value is -2.76. The van der Waals surface area contributed by atoms with Crippen molar-refractivity contribution in [2.75, 3.05) is 25.1 Å². The van der Waals surface area contributed by atoms with E-state index in [2.05, 4.69) is 10.3 Å². The lowest BCUT2D eigenvalue weighted by molar-refractivity contribution is 0.0697. The summed E-state index contributed by atoms with van der Waals surface area (Å²) in [7, 11) is 0. The molecule has 0 fully saturated rings. The van der Waals surface area contributed by atoms with Crippen LogP contribution in [0.15, 0.2) is 36.5 Å². The number of hydrogen-bond acceptors (Lipinski definition) is 5. The zero-order chi connectivity index (χ0) is 15.4. The van der Waals surface area contributed by atoms with Gasteiger partial charge in [-0.1, -0.05) is 6.07 Å². The summed E-state index contributed by atoms with van der Waals surface area (Å²) in [6.45, 7) is 1.72. The summed E-state index contributed by atoms with van der Waals surface area (Å²) in [5.74, 6) is 0.913. The van der Waals surface area contributed by atoms with Crippen molar-refractivity contribution in [3.63, 3.8) is 0 Å². The smallest absolute Gasteiger partial charge is 0.339 e. The fourth-order valence-electron chi connectivity index (χ4n) is 2.29. The zero-order valence-corrected chi connectivity index (χ0v) is 11.9. The molecular formula is C16H16N2O4. The van der Waals surface area contributed by atoms with Gasteiger partial charge < -0.3 is 19.9 Å². The Morgan fingerprint density at radius 3 is 2.86 bits per heavy atom. The molecule has 1 aromatic carbocycles. The molecule has 114 valence electrons. The number of hydrogen-bond donors (Lipinski definition) is 2. The fraction of sp³-hybridized carbons (Fsp3) is 0.250. The second kappa shape index (κ2) is 6.34. The maximum absolute atomic E-state index is 11.1. The van der Waals surface area contributed by atoms with Crippen LogP contribution in [-0.4, -0.2) is 35.8 Å². The van der Waals surface area contributed by atoms with Crippen molar-refractivity contribution in [3.8, 4) is 11.5 Å². The predicted molar refractivity (Wildman–Crippen MR) is 80.8 cm³/mol. The number of carbonyl (C=O) groups is 1. The summed E-state index contributed by atoms with van der Waals surface area (Å²) in [5.41, 5.74) is 1.26. The quantitative estimate of drug-likeness (QED) is 0.881. The molecule has 0 saturated carbocycles. The number of nitrogens with one attached hydrogen (secondary N) is 1. The number of aromatic carboxylic acids is 1. The van der Waals surface area contributed by atoms with Crippen LogP contribution < -0.4 is 14.8 Å². The third-order valence-corrected chi connectivity index (χ3v) is 3.35. The van der Waals surface area contributed by atoms with Crippen molar-refractivity contribution in [1.82, 2.24) is 4.98 Å². The molecule has 1 aliphatic rings. The Bertz CT molecular complexity index is 688. The molecule has 6 nitrogen and oxygen atoms in total. The Balaban J connectivity index is 1.63. The van der Waals surface area contributed by atoms with E-state index in [9.17, 15) is 4.79 Å². The topological polar surface area (TPSA) is 80.7 Å². The summed E-state index contributed by atoms with van der Waals surface area (Å²) in [6.07, 6.45) is 2.30. The molecule has 0 aliphatic carbocycles. The van der Waals surface area contributed by atoms with E-state index in [1.807, 2.05) is 18.2 Å². The minimum atomic E-state index is -0.991. The number of aromatic nitrogens is 1. The molecule has 0 atom stereocenters. The van der Waals surface area contributed by atoms with E-state index >= 15 is 0 Å². The van der Waals surface area contributed by atoms with E-state index in [-0.39, 0.29) is 5.56 Å². The minimum absolute atomic E-state index is 0.171. The van der Waals surface area contributed by atoms with Crippen molar-refractivity contribution >= 4 is 11.8 Å². The Morgan fingerprint density at radius 2 is 2.05 bits per heavy atom. The van der Waals surface area contributed by atoms with Gasteiger partial charge in [-0.15, -0.1) is 0 Å². The number of carboxylic acid groups (broad SMARTS) is 1. The van der Waals surface area contributed by atoms with Gasteiger partial charge in [-0.05, 0) is 36.2 Å². The molecule has 2 heterocycles. The van der Waals surface area contributed by atoms with Gasteiger partial charge in [0.1, 0.15) is 24.6 Å². The molecular weight excluding hydrogens is 284 g/mol. The van der Waals surface area contributed by atoms with Crippen LogP contribution in [0.4, 0.5) is 5.82 Å². The number of pyridine rings is 1. The fourth-order valence-corrected chi connectivity index (χ4v) is 2.29. The number of rotatable bonds is 5. The summed E-state index contributed by atoms with van der Waals surface area (Å²) >= 11 is 0. The normalized spacial score (nSPS) is 12.7. The van der Waals surface area contributed by atoms with Gasteiger partial charge in [0.05, 0.1) is 0 Å². The van der Waals surface area contributed by atoms with Crippen molar-refractivity contribution in [1.29, 1.82) is 0 Å². The number of carboxylic acids is 1. The van der Waals surface area contributed by atoms with Crippen LogP contribution in [0.1, 0.15) is 15.9 Å². The third kappa shape index (κ3) is 3.11. The first-order chi connectivity index (χ1) is 10.7. The van der Waals surface area contributed by atoms with E-state index in [4.69, 9.17) is 14.6 Å². The van der Waals surface area contributed by atoms with Gasteiger partial charge in [-0.2, -0.15) is 0 Å². The number of ether oxygens (including phenoxy) is 2. The largest absolute Gasteiger partial charge is 0.486 e. The van der Waals surface area contributed by atoms with Gasteiger partial charge in [0.25, 0.3) is 0 Å². The lowest BCUT2D eigenvalue weighted by atomic mass is 10.1. The van der Waals surface area contributed by atoms with Crippen LogP contribution in [0.25, 0.3) is 0 Å². The molecule has 6 heteroatoms. The molecule has 0 unspecified atom stereocenters. The molecule has 1 aromatic heterocycles. The van der Waals surface area contributed by atoms with E-state index in [1.165, 1.54) is 6.07 Å². The average Bonchev–Trinajstić information content (AvgIpc) is 2.55. The Morgan fingerprint density at radius 1 is 1.23 bits per heavy atom. The second-order valence-corrected chi connectivity index (χ2v) is 4.86. The van der Waals surface area contributed by atoms with Gasteiger partial charge in [0.15, 0.2) is 11.5 Å². The third-order valence-electron chi connectivity index (χ3n) is 3.35. The van der Waals surface area contributed by atoms with Gasteiger partial charge >= 0.3 is 5.97 Å². The Labute approximate surface area is 127 Å². The molecule has 2 aromatic rings. The zero-order valence-electron chi connectivity index (χ0n) is 11.9. The maximum Gasteiger partial charge on any atom is 0.339 e. The first-order valence-corrected chi connectivity index (χ1v) is 7.05. The van der Waals surface area contributed by atoms with E-state index in [0.29, 0.717) is 25.6 Å². The molecule has 0 saturated heterocycles. The highest BCUT2D eigenvalue weighted by Gasteiger charge is 2.12. The molecule has 0 bridgehead atoms. The molecule has 1 aliphatic heterocycles. The first-order valence-electron chi connectivity index (χ1n) is 7.05. The molecule has 0 amide bonds. The van der Waals surface area contributed by atoms with Gasteiger partial charge in [0, 0.05) is 12.7 Å². The van der Waals surface area contributed by atoms with E-state index in [1.54, 1.807) is 12.3 Å². The lowest BCUT2D eigenvalue weighted by Gasteiger charge is -2.19. The first kappa shape index (κ1) is 14.2. The standard InChI is InChI=1S/C16H16N2O4/c19-16(20)12-2-1-6-17-15(12)18-7-5-11-3-4-13-14(10-11)22-9-8-21-13/h1-4,6,10H,5,7-9H2,(H,17,18)(H,19,20). The van der Waals surface area contributed by atoms with E-state index in [0.717, 1.165) is 23.5 Å². The van der Waals surface area contributed by atoms with Crippen LogP contribution in [0.2, 0.25) is 0 Å². The number of fused-ring (bicyclic) bond motifs is 1. The monoisotopic (exact) mass is 300 g/mol. The number of anilines is 1. The molecule has 22 heavy (non-hydrogen) atoms. The summed E-state index contributed by atoms with van der Waals surface area (Å²) in [5, 5.41) is 12.2. The van der Waals surface area contributed by atoms with Gasteiger partial charge in [-0.3, -0.25) is 0 Å². The van der Waals surface area contributed by atoms with Crippen LogP contribution in [0.3, 0.4) is 0 Å². The molecule has 2 N–H and O–H groups in total. The molecule has 3 rings (SSSR count).